The number of anilines is 1. The predicted octanol–water partition coefficient (Wildman–Crippen LogP) is 2.93. The van der Waals surface area contributed by atoms with Gasteiger partial charge in [0.15, 0.2) is 10.9 Å². The fourth-order valence-electron chi connectivity index (χ4n) is 2.39. The third-order valence-corrected chi connectivity index (χ3v) is 5.43. The van der Waals surface area contributed by atoms with Gasteiger partial charge in [0.25, 0.3) is 0 Å². The van der Waals surface area contributed by atoms with Crippen LogP contribution >= 0.6 is 11.8 Å². The van der Waals surface area contributed by atoms with Crippen LogP contribution in [0.5, 0.6) is 0 Å². The largest absolute Gasteiger partial charge is 0.449 e. The zero-order valence-electron chi connectivity index (χ0n) is 12.4. The molecule has 6 nitrogen and oxygen atoms in total. The number of hydrogen-bond acceptors (Lipinski definition) is 5. The molecule has 0 saturated carbocycles. The molecule has 1 aromatic heterocycles. The molecule has 0 atom stereocenters. The summed E-state index contributed by atoms with van der Waals surface area (Å²) < 4.78 is 69.2. The highest BCUT2D eigenvalue weighted by atomic mass is 32.2. The van der Waals surface area contributed by atoms with Crippen LogP contribution in [-0.4, -0.2) is 26.4 Å². The summed E-state index contributed by atoms with van der Waals surface area (Å²) in [5.74, 6) is -1.67. The highest BCUT2D eigenvalue weighted by Crippen LogP contribution is 2.37. The number of nitrogens with zero attached hydrogens (tertiary/aromatic N) is 1. The molecule has 1 amide bonds. The number of para-hydroxylation sites is 1. The molecule has 0 unspecified atom stereocenters. The molecule has 11 heteroatoms. The van der Waals surface area contributed by atoms with E-state index >= 15 is 0 Å². The van der Waals surface area contributed by atoms with Crippen molar-refractivity contribution >= 4 is 33.6 Å². The number of benzene rings is 1. The van der Waals surface area contributed by atoms with E-state index in [-0.39, 0.29) is 6.54 Å². The monoisotopic (exact) mass is 392 g/mol. The lowest BCUT2D eigenvalue weighted by molar-refractivity contribution is -0.0335. The summed E-state index contributed by atoms with van der Waals surface area (Å²) in [5.41, 5.74) is -3.30. The second-order valence-electron chi connectivity index (χ2n) is 5.05. The first-order chi connectivity index (χ1) is 11.7. The first-order valence-corrected chi connectivity index (χ1v) is 9.20. The van der Waals surface area contributed by atoms with Crippen LogP contribution in [0.2, 0.25) is 0 Å². The Bertz CT molecular complexity index is 909. The number of halogens is 3. The summed E-state index contributed by atoms with van der Waals surface area (Å²) in [6.45, 7) is 0.162. The number of fused-ring (bicyclic) bond motifs is 1. The van der Waals surface area contributed by atoms with E-state index in [0.717, 1.165) is 22.0 Å². The Hall–Kier alpha value is -2.14. The van der Waals surface area contributed by atoms with Crippen LogP contribution in [0, 0.1) is 0 Å². The van der Waals surface area contributed by atoms with Crippen LogP contribution in [0.25, 0.3) is 0 Å². The zero-order valence-corrected chi connectivity index (χ0v) is 14.0. The van der Waals surface area contributed by atoms with Crippen molar-refractivity contribution in [1.29, 1.82) is 0 Å². The molecule has 25 heavy (non-hydrogen) atoms. The highest BCUT2D eigenvalue weighted by molar-refractivity contribution is 8.00. The van der Waals surface area contributed by atoms with Gasteiger partial charge in [-0.15, -0.1) is 0 Å². The van der Waals surface area contributed by atoms with E-state index < -0.39 is 44.2 Å². The van der Waals surface area contributed by atoms with E-state index in [9.17, 15) is 26.4 Å². The third-order valence-electron chi connectivity index (χ3n) is 3.38. The lowest BCUT2D eigenvalue weighted by Gasteiger charge is -2.19. The van der Waals surface area contributed by atoms with Gasteiger partial charge in [0.05, 0.1) is 5.69 Å². The molecule has 3 rings (SSSR count). The quantitative estimate of drug-likeness (QED) is 0.810. The SMILES string of the molecule is O=C(NS(=O)(=O)N1CCc2ccccc21)c1ccc(SC(F)(F)F)o1. The molecular formula is C14H11F3N2O4S2. The van der Waals surface area contributed by atoms with Crippen LogP contribution in [0.1, 0.15) is 16.1 Å². The van der Waals surface area contributed by atoms with Gasteiger partial charge in [0.1, 0.15) is 0 Å². The van der Waals surface area contributed by atoms with Crippen LogP contribution in [0.4, 0.5) is 18.9 Å². The van der Waals surface area contributed by atoms with Crippen molar-refractivity contribution in [3.05, 3.63) is 47.7 Å². The Kier molecular flexibility index (Phi) is 4.45. The van der Waals surface area contributed by atoms with Gasteiger partial charge >= 0.3 is 21.6 Å². The average molecular weight is 392 g/mol. The van der Waals surface area contributed by atoms with E-state index in [1.165, 1.54) is 0 Å². The van der Waals surface area contributed by atoms with Crippen molar-refractivity contribution in [2.75, 3.05) is 10.8 Å². The molecule has 0 spiro atoms. The van der Waals surface area contributed by atoms with E-state index in [0.29, 0.717) is 12.1 Å². The maximum Gasteiger partial charge on any atom is 0.449 e. The number of furan rings is 1. The standard InChI is InChI=1S/C14H11F3N2O4S2/c15-14(16,17)24-12-6-5-11(23-12)13(20)18-25(21,22)19-8-7-9-3-1-2-4-10(9)19/h1-6H,7-8H2,(H,18,20). The molecule has 0 saturated heterocycles. The summed E-state index contributed by atoms with van der Waals surface area (Å²) in [6, 6.07) is 8.76. The second-order valence-corrected chi connectivity index (χ2v) is 7.72. The number of nitrogens with one attached hydrogen (secondary N) is 1. The number of rotatable bonds is 4. The third kappa shape index (κ3) is 3.93. The molecule has 1 N–H and O–H groups in total. The van der Waals surface area contributed by atoms with Crippen LogP contribution < -0.4 is 9.03 Å². The second kappa shape index (κ2) is 6.30. The fourth-order valence-corrected chi connectivity index (χ4v) is 4.10. The number of amides is 1. The van der Waals surface area contributed by atoms with Crippen molar-refractivity contribution in [3.8, 4) is 0 Å². The Morgan fingerprint density at radius 3 is 2.64 bits per heavy atom. The Morgan fingerprint density at radius 2 is 1.92 bits per heavy atom. The van der Waals surface area contributed by atoms with Crippen molar-refractivity contribution in [3.63, 3.8) is 0 Å². The van der Waals surface area contributed by atoms with Gasteiger partial charge in [-0.05, 0) is 30.2 Å². The molecule has 1 aliphatic heterocycles. The van der Waals surface area contributed by atoms with Crippen LogP contribution in [0.15, 0.2) is 45.9 Å². The Balaban J connectivity index is 1.75. The average Bonchev–Trinajstić information content (AvgIpc) is 3.11. The lowest BCUT2D eigenvalue weighted by Crippen LogP contribution is -2.42. The lowest BCUT2D eigenvalue weighted by atomic mass is 10.2. The van der Waals surface area contributed by atoms with Gasteiger partial charge in [-0.1, -0.05) is 18.2 Å². The van der Waals surface area contributed by atoms with Crippen molar-refractivity contribution in [1.82, 2.24) is 4.72 Å². The summed E-state index contributed by atoms with van der Waals surface area (Å²) in [7, 11) is -4.20. The van der Waals surface area contributed by atoms with Crippen LogP contribution in [-0.2, 0) is 16.6 Å². The summed E-state index contributed by atoms with van der Waals surface area (Å²) >= 11 is -0.534. The van der Waals surface area contributed by atoms with Gasteiger partial charge < -0.3 is 4.42 Å². The Morgan fingerprint density at radius 1 is 1.20 bits per heavy atom. The number of thioether (sulfide) groups is 1. The highest BCUT2D eigenvalue weighted by Gasteiger charge is 2.33. The van der Waals surface area contributed by atoms with E-state index in [2.05, 4.69) is 0 Å². The van der Waals surface area contributed by atoms with E-state index in [1.807, 2.05) is 0 Å². The molecule has 134 valence electrons. The van der Waals surface area contributed by atoms with E-state index in [1.54, 1.807) is 29.0 Å². The summed E-state index contributed by atoms with van der Waals surface area (Å²) in [5, 5.41) is -0.554. The van der Waals surface area contributed by atoms with Gasteiger partial charge in [0.2, 0.25) is 0 Å². The minimum Gasteiger partial charge on any atom is -0.444 e. The number of alkyl halides is 3. The Labute approximate surface area is 145 Å². The first-order valence-electron chi connectivity index (χ1n) is 6.94. The number of carbonyl (C=O) groups is 1. The first kappa shape index (κ1) is 17.7. The predicted molar refractivity (Wildman–Crippen MR) is 84.5 cm³/mol. The topological polar surface area (TPSA) is 79.6 Å². The van der Waals surface area contributed by atoms with Crippen molar-refractivity contribution in [2.24, 2.45) is 0 Å². The summed E-state index contributed by atoms with van der Waals surface area (Å²) in [6.07, 6.45) is 0.498. The molecule has 2 aromatic rings. The fraction of sp³-hybridized carbons (Fsp3) is 0.214. The normalized spacial score (nSPS) is 14.4. The minimum atomic E-state index is -4.57. The number of carbonyl (C=O) groups excluding carboxylic acids is 1. The van der Waals surface area contributed by atoms with Gasteiger partial charge in [-0.25, -0.2) is 4.72 Å². The molecule has 1 aliphatic rings. The molecule has 0 radical (unpaired) electrons. The van der Waals surface area contributed by atoms with Crippen molar-refractivity contribution < 1.29 is 30.8 Å². The number of hydrogen-bond donors (Lipinski definition) is 1. The maximum atomic E-state index is 12.4. The zero-order chi connectivity index (χ0) is 18.2. The van der Waals surface area contributed by atoms with Crippen LogP contribution in [0.3, 0.4) is 0 Å². The minimum absolute atomic E-state index is 0.162. The van der Waals surface area contributed by atoms with Gasteiger partial charge in [-0.2, -0.15) is 21.6 Å². The van der Waals surface area contributed by atoms with Gasteiger partial charge in [-0.3, -0.25) is 9.10 Å². The molecule has 2 heterocycles. The molecule has 0 fully saturated rings. The molecule has 0 aliphatic carbocycles. The molecule has 1 aromatic carbocycles. The van der Waals surface area contributed by atoms with Crippen molar-refractivity contribution in [2.45, 2.75) is 17.0 Å². The molecule has 0 bridgehead atoms. The van der Waals surface area contributed by atoms with Gasteiger partial charge in [0, 0.05) is 18.3 Å². The summed E-state index contributed by atoms with van der Waals surface area (Å²) in [4.78, 5) is 12.0. The van der Waals surface area contributed by atoms with E-state index in [4.69, 9.17) is 4.42 Å². The molecular weight excluding hydrogens is 381 g/mol. The maximum absolute atomic E-state index is 12.4. The smallest absolute Gasteiger partial charge is 0.444 e.